The Morgan fingerprint density at radius 3 is 2.81 bits per heavy atom. The molecule has 0 spiro atoms. The highest BCUT2D eigenvalue weighted by Crippen LogP contribution is 2.33. The van der Waals surface area contributed by atoms with Crippen molar-refractivity contribution in [2.45, 2.75) is 58.4 Å². The summed E-state index contributed by atoms with van der Waals surface area (Å²) in [7, 11) is 0. The molecule has 16 heavy (non-hydrogen) atoms. The van der Waals surface area contributed by atoms with Gasteiger partial charge < -0.3 is 10.1 Å². The van der Waals surface area contributed by atoms with Crippen molar-refractivity contribution in [2.24, 2.45) is 5.92 Å². The van der Waals surface area contributed by atoms with E-state index in [4.69, 9.17) is 4.74 Å². The predicted octanol–water partition coefficient (Wildman–Crippen LogP) is 2.50. The molecule has 0 bridgehead atoms. The summed E-state index contributed by atoms with van der Waals surface area (Å²) in [5, 5.41) is 3.43. The average Bonchev–Trinajstić information content (AvgIpc) is 2.27. The monoisotopic (exact) mass is 227 g/mol. The molecule has 3 heteroatoms. The van der Waals surface area contributed by atoms with Crippen molar-refractivity contribution in [1.82, 2.24) is 5.32 Å². The fraction of sp³-hybridized carbons (Fsp3) is 0.923. The average molecular weight is 227 g/mol. The maximum Gasteiger partial charge on any atom is 0.326 e. The Labute approximate surface area is 98.9 Å². The van der Waals surface area contributed by atoms with Crippen LogP contribution >= 0.6 is 0 Å². The predicted molar refractivity (Wildman–Crippen MR) is 65.3 cm³/mol. The molecule has 0 aromatic rings. The van der Waals surface area contributed by atoms with Crippen molar-refractivity contribution >= 4 is 5.97 Å². The van der Waals surface area contributed by atoms with Gasteiger partial charge in [-0.05, 0) is 38.6 Å². The van der Waals surface area contributed by atoms with Crippen LogP contribution in [-0.4, -0.2) is 24.7 Å². The Morgan fingerprint density at radius 2 is 2.25 bits per heavy atom. The molecule has 0 aliphatic heterocycles. The van der Waals surface area contributed by atoms with Crippen LogP contribution in [-0.2, 0) is 9.53 Å². The molecular weight excluding hydrogens is 202 g/mol. The van der Waals surface area contributed by atoms with Crippen molar-refractivity contribution in [2.75, 3.05) is 13.2 Å². The second kappa shape index (κ2) is 6.24. The summed E-state index contributed by atoms with van der Waals surface area (Å²) in [6.45, 7) is 7.59. The van der Waals surface area contributed by atoms with E-state index in [1.807, 2.05) is 6.92 Å². The summed E-state index contributed by atoms with van der Waals surface area (Å²) in [6, 6.07) is 0. The van der Waals surface area contributed by atoms with Gasteiger partial charge in [-0.15, -0.1) is 0 Å². The van der Waals surface area contributed by atoms with E-state index in [9.17, 15) is 4.79 Å². The summed E-state index contributed by atoms with van der Waals surface area (Å²) >= 11 is 0. The number of carbonyl (C=O) groups is 1. The van der Waals surface area contributed by atoms with Crippen molar-refractivity contribution in [3.8, 4) is 0 Å². The number of hydrogen-bond acceptors (Lipinski definition) is 3. The number of nitrogens with one attached hydrogen (secondary N) is 1. The molecule has 1 N–H and O–H groups in total. The SMILES string of the molecule is CCCNC1(C(=O)OCC)CCCC(C)C1. The maximum atomic E-state index is 12.1. The standard InChI is InChI=1S/C13H25NO2/c1-4-9-14-13(12(15)16-5-2)8-6-7-11(3)10-13/h11,14H,4-10H2,1-3H3. The van der Waals surface area contributed by atoms with E-state index in [0.29, 0.717) is 12.5 Å². The Hall–Kier alpha value is -0.570. The van der Waals surface area contributed by atoms with E-state index in [1.54, 1.807) is 0 Å². The van der Waals surface area contributed by atoms with Crippen LogP contribution < -0.4 is 5.32 Å². The first-order chi connectivity index (χ1) is 7.64. The molecular formula is C13H25NO2. The summed E-state index contributed by atoms with van der Waals surface area (Å²) < 4.78 is 5.23. The fourth-order valence-corrected chi connectivity index (χ4v) is 2.60. The third kappa shape index (κ3) is 3.21. The number of hydrogen-bond donors (Lipinski definition) is 1. The Bertz CT molecular complexity index is 230. The highest BCUT2D eigenvalue weighted by atomic mass is 16.5. The minimum Gasteiger partial charge on any atom is -0.465 e. The van der Waals surface area contributed by atoms with Gasteiger partial charge in [-0.1, -0.05) is 26.7 Å². The van der Waals surface area contributed by atoms with Gasteiger partial charge in [0.05, 0.1) is 6.61 Å². The molecule has 0 amide bonds. The quantitative estimate of drug-likeness (QED) is 0.733. The first kappa shape index (κ1) is 13.5. The first-order valence-electron chi connectivity index (χ1n) is 6.57. The van der Waals surface area contributed by atoms with E-state index in [0.717, 1.165) is 32.2 Å². The fourth-order valence-electron chi connectivity index (χ4n) is 2.60. The maximum absolute atomic E-state index is 12.1. The van der Waals surface area contributed by atoms with Crippen LogP contribution in [0, 0.1) is 5.92 Å². The minimum absolute atomic E-state index is 0.0463. The van der Waals surface area contributed by atoms with Crippen LogP contribution in [0.15, 0.2) is 0 Å². The van der Waals surface area contributed by atoms with Gasteiger partial charge in [0.15, 0.2) is 0 Å². The lowest BCUT2D eigenvalue weighted by Gasteiger charge is -2.38. The first-order valence-corrected chi connectivity index (χ1v) is 6.57. The lowest BCUT2D eigenvalue weighted by Crippen LogP contribution is -2.55. The van der Waals surface area contributed by atoms with Crippen molar-refractivity contribution < 1.29 is 9.53 Å². The molecule has 0 saturated heterocycles. The molecule has 94 valence electrons. The molecule has 1 aliphatic rings. The van der Waals surface area contributed by atoms with Gasteiger partial charge in [0, 0.05) is 0 Å². The smallest absolute Gasteiger partial charge is 0.326 e. The van der Waals surface area contributed by atoms with Crippen LogP contribution in [0.5, 0.6) is 0 Å². The van der Waals surface area contributed by atoms with E-state index >= 15 is 0 Å². The molecule has 2 unspecified atom stereocenters. The Kier molecular flexibility index (Phi) is 5.26. The molecule has 2 atom stereocenters. The van der Waals surface area contributed by atoms with E-state index in [-0.39, 0.29) is 5.97 Å². The largest absolute Gasteiger partial charge is 0.465 e. The molecule has 1 saturated carbocycles. The van der Waals surface area contributed by atoms with Gasteiger partial charge in [-0.25, -0.2) is 0 Å². The lowest BCUT2D eigenvalue weighted by molar-refractivity contribution is -0.153. The van der Waals surface area contributed by atoms with Crippen molar-refractivity contribution in [1.29, 1.82) is 0 Å². The van der Waals surface area contributed by atoms with Crippen molar-refractivity contribution in [3.63, 3.8) is 0 Å². The van der Waals surface area contributed by atoms with Gasteiger partial charge in [0.1, 0.15) is 5.54 Å². The molecule has 0 aromatic heterocycles. The topological polar surface area (TPSA) is 38.3 Å². The number of ether oxygens (including phenoxy) is 1. The summed E-state index contributed by atoms with van der Waals surface area (Å²) in [6.07, 6.45) is 5.25. The van der Waals surface area contributed by atoms with Crippen LogP contribution in [0.4, 0.5) is 0 Å². The molecule has 0 aromatic carbocycles. The lowest BCUT2D eigenvalue weighted by atomic mass is 9.76. The second-order valence-corrected chi connectivity index (χ2v) is 4.93. The molecule has 1 rings (SSSR count). The van der Waals surface area contributed by atoms with Crippen LogP contribution in [0.3, 0.4) is 0 Å². The third-order valence-electron chi connectivity index (χ3n) is 3.38. The molecule has 3 nitrogen and oxygen atoms in total. The van der Waals surface area contributed by atoms with E-state index < -0.39 is 5.54 Å². The van der Waals surface area contributed by atoms with Gasteiger partial charge >= 0.3 is 5.97 Å². The van der Waals surface area contributed by atoms with Crippen LogP contribution in [0.1, 0.15) is 52.9 Å². The minimum atomic E-state index is -0.399. The number of carbonyl (C=O) groups excluding carboxylic acids is 1. The normalized spacial score (nSPS) is 30.1. The summed E-state index contributed by atoms with van der Waals surface area (Å²) in [4.78, 5) is 12.1. The highest BCUT2D eigenvalue weighted by Gasteiger charge is 2.42. The third-order valence-corrected chi connectivity index (χ3v) is 3.38. The van der Waals surface area contributed by atoms with Crippen LogP contribution in [0.2, 0.25) is 0 Å². The van der Waals surface area contributed by atoms with Crippen molar-refractivity contribution in [3.05, 3.63) is 0 Å². The number of rotatable bonds is 5. The molecule has 0 radical (unpaired) electrons. The van der Waals surface area contributed by atoms with Crippen LogP contribution in [0.25, 0.3) is 0 Å². The highest BCUT2D eigenvalue weighted by molar-refractivity contribution is 5.81. The zero-order valence-corrected chi connectivity index (χ0v) is 10.8. The second-order valence-electron chi connectivity index (χ2n) is 4.93. The summed E-state index contributed by atoms with van der Waals surface area (Å²) in [5.74, 6) is 0.567. The Balaban J connectivity index is 2.70. The van der Waals surface area contributed by atoms with Gasteiger partial charge in [-0.3, -0.25) is 4.79 Å². The van der Waals surface area contributed by atoms with Gasteiger partial charge in [0.2, 0.25) is 0 Å². The Morgan fingerprint density at radius 1 is 1.50 bits per heavy atom. The zero-order chi connectivity index (χ0) is 12.0. The van der Waals surface area contributed by atoms with E-state index in [1.165, 1.54) is 6.42 Å². The van der Waals surface area contributed by atoms with Gasteiger partial charge in [0.25, 0.3) is 0 Å². The number of esters is 1. The zero-order valence-electron chi connectivity index (χ0n) is 10.8. The summed E-state index contributed by atoms with van der Waals surface area (Å²) in [5.41, 5.74) is -0.399. The molecule has 1 fully saturated rings. The molecule has 0 heterocycles. The van der Waals surface area contributed by atoms with Gasteiger partial charge in [-0.2, -0.15) is 0 Å². The molecule has 1 aliphatic carbocycles. The van der Waals surface area contributed by atoms with E-state index in [2.05, 4.69) is 19.2 Å².